The van der Waals surface area contributed by atoms with Crippen LogP contribution < -0.4 is 15.4 Å². The van der Waals surface area contributed by atoms with E-state index in [1.807, 2.05) is 20.8 Å². The number of aromatic nitrogens is 1. The van der Waals surface area contributed by atoms with Crippen LogP contribution in [0.5, 0.6) is 5.75 Å². The van der Waals surface area contributed by atoms with Crippen molar-refractivity contribution in [2.24, 2.45) is 0 Å². The van der Waals surface area contributed by atoms with Crippen LogP contribution in [0.2, 0.25) is 0 Å². The lowest BCUT2D eigenvalue weighted by atomic mass is 9.96. The number of fused-ring (bicyclic) bond motifs is 1. The number of alkyl halides is 4. The monoisotopic (exact) mass is 574 g/mol. The Labute approximate surface area is 236 Å². The van der Waals surface area contributed by atoms with Crippen LogP contribution >= 0.6 is 0 Å². The fourth-order valence-electron chi connectivity index (χ4n) is 4.98. The van der Waals surface area contributed by atoms with Gasteiger partial charge in [0.1, 0.15) is 18.5 Å². The van der Waals surface area contributed by atoms with Crippen LogP contribution in [0.25, 0.3) is 10.9 Å². The Kier molecular flexibility index (Phi) is 8.73. The number of aromatic carboxylic acids is 1. The van der Waals surface area contributed by atoms with Crippen molar-refractivity contribution in [2.45, 2.75) is 57.7 Å². The Balaban J connectivity index is 1.58. The maximum atomic E-state index is 15.2. The van der Waals surface area contributed by atoms with E-state index >= 15 is 4.39 Å². The Morgan fingerprint density at radius 2 is 1.90 bits per heavy atom. The zero-order chi connectivity index (χ0) is 29.9. The molecule has 41 heavy (non-hydrogen) atoms. The van der Waals surface area contributed by atoms with Gasteiger partial charge < -0.3 is 25.0 Å². The zero-order valence-corrected chi connectivity index (χ0v) is 23.4. The normalized spacial score (nSPS) is 18.0. The molecule has 2 atom stereocenters. The molecule has 11 heteroatoms. The quantitative estimate of drug-likeness (QED) is 0.238. The molecule has 2 aromatic carbocycles. The van der Waals surface area contributed by atoms with E-state index in [1.165, 1.54) is 25.3 Å². The van der Waals surface area contributed by atoms with Crippen molar-refractivity contribution in [3.63, 3.8) is 0 Å². The fourth-order valence-corrected chi connectivity index (χ4v) is 4.98. The molecule has 1 aromatic heterocycles. The van der Waals surface area contributed by atoms with Crippen molar-refractivity contribution in [3.8, 4) is 17.6 Å². The average Bonchev–Trinajstić information content (AvgIpc) is 3.23. The van der Waals surface area contributed by atoms with Crippen molar-refractivity contribution < 1.29 is 32.2 Å². The third-order valence-corrected chi connectivity index (χ3v) is 7.15. The van der Waals surface area contributed by atoms with Gasteiger partial charge in [-0.2, -0.15) is 13.2 Å². The van der Waals surface area contributed by atoms with Gasteiger partial charge in [-0.3, -0.25) is 4.90 Å². The maximum absolute atomic E-state index is 15.2. The highest BCUT2D eigenvalue weighted by atomic mass is 19.4. The number of ether oxygens (including phenoxy) is 1. The van der Waals surface area contributed by atoms with E-state index in [-0.39, 0.29) is 29.9 Å². The SMILES string of the molecule is COc1cc(C(=O)O)ccc1NCC#Cc1cc2c(N[C@@H]3CCN(C(C)(C)C)C[C@@H]3F)cccc2n1CC(F)(F)F. The lowest BCUT2D eigenvalue weighted by Crippen LogP contribution is -2.54. The molecule has 2 heterocycles. The van der Waals surface area contributed by atoms with Crippen molar-refractivity contribution >= 4 is 28.2 Å². The number of hydrogen-bond donors (Lipinski definition) is 3. The van der Waals surface area contributed by atoms with Crippen molar-refractivity contribution in [1.82, 2.24) is 9.47 Å². The lowest BCUT2D eigenvalue weighted by molar-refractivity contribution is -0.140. The van der Waals surface area contributed by atoms with Crippen molar-refractivity contribution in [2.75, 3.05) is 37.4 Å². The summed E-state index contributed by atoms with van der Waals surface area (Å²) in [7, 11) is 1.40. The first kappa shape index (κ1) is 30.1. The first-order chi connectivity index (χ1) is 19.3. The summed E-state index contributed by atoms with van der Waals surface area (Å²) in [5, 5.41) is 15.9. The van der Waals surface area contributed by atoms with Gasteiger partial charge in [-0.15, -0.1) is 0 Å². The van der Waals surface area contributed by atoms with Crippen LogP contribution in [0, 0.1) is 11.8 Å². The third kappa shape index (κ3) is 7.24. The summed E-state index contributed by atoms with van der Waals surface area (Å²) in [5.74, 6) is 4.88. The molecule has 0 unspecified atom stereocenters. The Hall–Kier alpha value is -3.91. The van der Waals surface area contributed by atoms with E-state index in [2.05, 4.69) is 27.4 Å². The van der Waals surface area contributed by atoms with Crippen LogP contribution in [0.4, 0.5) is 28.9 Å². The number of halogens is 4. The predicted molar refractivity (Wildman–Crippen MR) is 152 cm³/mol. The minimum absolute atomic E-state index is 0.0541. The van der Waals surface area contributed by atoms with Gasteiger partial charge in [-0.1, -0.05) is 12.0 Å². The minimum Gasteiger partial charge on any atom is -0.495 e. The molecule has 7 nitrogen and oxygen atoms in total. The summed E-state index contributed by atoms with van der Waals surface area (Å²) in [6.45, 7) is 5.96. The maximum Gasteiger partial charge on any atom is 0.406 e. The number of carboxylic acids is 1. The molecule has 1 aliphatic heterocycles. The highest BCUT2D eigenvalue weighted by molar-refractivity contribution is 5.94. The van der Waals surface area contributed by atoms with E-state index in [0.29, 0.717) is 41.0 Å². The molecule has 0 radical (unpaired) electrons. The van der Waals surface area contributed by atoms with Crippen LogP contribution in [-0.2, 0) is 6.54 Å². The van der Waals surface area contributed by atoms with Gasteiger partial charge in [-0.05, 0) is 69.5 Å². The van der Waals surface area contributed by atoms with E-state index in [4.69, 9.17) is 9.84 Å². The van der Waals surface area contributed by atoms with Gasteiger partial charge in [0, 0.05) is 29.7 Å². The van der Waals surface area contributed by atoms with E-state index in [0.717, 1.165) is 4.57 Å². The number of benzene rings is 2. The molecule has 0 bridgehead atoms. The second kappa shape index (κ2) is 11.9. The van der Waals surface area contributed by atoms with Gasteiger partial charge in [0.15, 0.2) is 0 Å². The molecule has 3 aromatic rings. The number of piperidine rings is 1. The van der Waals surface area contributed by atoms with Gasteiger partial charge in [0.2, 0.25) is 0 Å². The van der Waals surface area contributed by atoms with Crippen LogP contribution in [0.1, 0.15) is 43.2 Å². The Morgan fingerprint density at radius 1 is 1.15 bits per heavy atom. The minimum atomic E-state index is -4.48. The van der Waals surface area contributed by atoms with E-state index in [1.54, 1.807) is 24.3 Å². The van der Waals surface area contributed by atoms with E-state index < -0.39 is 30.9 Å². The number of rotatable bonds is 7. The summed E-state index contributed by atoms with van der Waals surface area (Å²) in [5.41, 5.74) is 1.47. The number of hydrogen-bond acceptors (Lipinski definition) is 5. The highest BCUT2D eigenvalue weighted by Crippen LogP contribution is 2.32. The van der Waals surface area contributed by atoms with Gasteiger partial charge in [-0.25, -0.2) is 9.18 Å². The predicted octanol–water partition coefficient (Wildman–Crippen LogP) is 6.00. The molecule has 1 saturated heterocycles. The summed E-state index contributed by atoms with van der Waals surface area (Å²) in [6.07, 6.45) is -5.05. The van der Waals surface area contributed by atoms with Crippen LogP contribution in [0.15, 0.2) is 42.5 Å². The molecule has 220 valence electrons. The number of nitrogens with zero attached hydrogens (tertiary/aromatic N) is 2. The van der Waals surface area contributed by atoms with Crippen molar-refractivity contribution in [3.05, 3.63) is 53.7 Å². The number of anilines is 2. The molecule has 3 N–H and O–H groups in total. The summed E-state index contributed by atoms with van der Waals surface area (Å²) >= 11 is 0. The molecule has 0 saturated carbocycles. The topological polar surface area (TPSA) is 78.8 Å². The first-order valence-electron chi connectivity index (χ1n) is 13.3. The van der Waals surface area contributed by atoms with Gasteiger partial charge >= 0.3 is 12.1 Å². The molecule has 1 fully saturated rings. The van der Waals surface area contributed by atoms with Gasteiger partial charge in [0.05, 0.1) is 42.2 Å². The smallest absolute Gasteiger partial charge is 0.406 e. The summed E-state index contributed by atoms with van der Waals surface area (Å²) < 4.78 is 62.2. The number of nitrogens with one attached hydrogen (secondary N) is 2. The number of carboxylic acid groups (broad SMARTS) is 1. The Morgan fingerprint density at radius 3 is 2.54 bits per heavy atom. The third-order valence-electron chi connectivity index (χ3n) is 7.15. The molecule has 1 aliphatic rings. The first-order valence-corrected chi connectivity index (χ1v) is 13.3. The van der Waals surface area contributed by atoms with Gasteiger partial charge in [0.25, 0.3) is 0 Å². The standard InChI is InChI=1S/C30H34F4N4O3/c1-29(2,3)37-14-12-24(22(31)17-37)36-23-8-5-9-26-21(23)16-20(38(26)18-30(32,33)34)7-6-13-35-25-11-10-19(28(39)40)15-27(25)41-4/h5,8-11,15-16,22,24,35-36H,12-14,17-18H2,1-4H3,(H,39,40)/t22-,24+/m0/s1. The number of carbonyl (C=O) groups is 1. The largest absolute Gasteiger partial charge is 0.495 e. The number of likely N-dealkylation sites (tertiary alicyclic amines) is 1. The second-order valence-electron chi connectivity index (χ2n) is 11.0. The van der Waals surface area contributed by atoms with Crippen LogP contribution in [0.3, 0.4) is 0 Å². The molecule has 0 amide bonds. The summed E-state index contributed by atoms with van der Waals surface area (Å²) in [6, 6.07) is 10.4. The van der Waals surface area contributed by atoms with E-state index in [9.17, 15) is 18.0 Å². The van der Waals surface area contributed by atoms with Crippen LogP contribution in [-0.4, -0.2) is 71.2 Å². The zero-order valence-electron chi connectivity index (χ0n) is 23.4. The lowest BCUT2D eigenvalue weighted by Gasteiger charge is -2.42. The highest BCUT2D eigenvalue weighted by Gasteiger charge is 2.34. The second-order valence-corrected chi connectivity index (χ2v) is 11.0. The fraction of sp³-hybridized carbons (Fsp3) is 0.433. The molecule has 0 aliphatic carbocycles. The summed E-state index contributed by atoms with van der Waals surface area (Å²) in [4.78, 5) is 13.3. The molecular formula is C30H34F4N4O3. The molecule has 0 spiro atoms. The Bertz CT molecular complexity index is 1470. The number of methoxy groups -OCH3 is 1. The molecule has 4 rings (SSSR count). The molecular weight excluding hydrogens is 540 g/mol. The average molecular weight is 575 g/mol. The van der Waals surface area contributed by atoms with Crippen molar-refractivity contribution in [1.29, 1.82) is 0 Å².